The third-order valence-corrected chi connectivity index (χ3v) is 3.10. The third kappa shape index (κ3) is 7.74. The largest absolute Gasteiger partial charge is 0.386 e. The molecule has 22 heavy (non-hydrogen) atoms. The number of nitrogens with one attached hydrogen (secondary N) is 1. The van der Waals surface area contributed by atoms with Crippen LogP contribution >= 0.6 is 24.0 Å². The van der Waals surface area contributed by atoms with Gasteiger partial charge in [0, 0.05) is 32.5 Å². The van der Waals surface area contributed by atoms with E-state index in [0.717, 1.165) is 37.5 Å². The molecule has 5 nitrogen and oxygen atoms in total. The minimum Gasteiger partial charge on any atom is -0.386 e. The highest BCUT2D eigenvalue weighted by atomic mass is 127. The second kappa shape index (κ2) is 12.4. The SMILES string of the molecule is C=CCCCN(C)C(=NCC(O)c1ccncc1)NCC.I. The van der Waals surface area contributed by atoms with Crippen LogP contribution in [0.2, 0.25) is 0 Å². The average molecular weight is 418 g/mol. The van der Waals surface area contributed by atoms with Gasteiger partial charge in [0.15, 0.2) is 5.96 Å². The van der Waals surface area contributed by atoms with E-state index in [1.54, 1.807) is 24.5 Å². The summed E-state index contributed by atoms with van der Waals surface area (Å²) in [6.45, 7) is 7.80. The van der Waals surface area contributed by atoms with Crippen molar-refractivity contribution in [1.29, 1.82) is 0 Å². The fraction of sp³-hybridized carbons (Fsp3) is 0.500. The Bertz CT molecular complexity index is 439. The van der Waals surface area contributed by atoms with E-state index in [2.05, 4.69) is 26.8 Å². The first kappa shape index (κ1) is 20.9. The van der Waals surface area contributed by atoms with E-state index < -0.39 is 6.10 Å². The van der Waals surface area contributed by atoms with Crippen molar-refractivity contribution in [2.75, 3.05) is 26.7 Å². The van der Waals surface area contributed by atoms with Crippen LogP contribution in [0, 0.1) is 0 Å². The molecule has 0 saturated carbocycles. The maximum atomic E-state index is 10.1. The van der Waals surface area contributed by atoms with E-state index in [0.29, 0.717) is 6.54 Å². The van der Waals surface area contributed by atoms with Crippen molar-refractivity contribution in [3.8, 4) is 0 Å². The van der Waals surface area contributed by atoms with Crippen LogP contribution < -0.4 is 5.32 Å². The van der Waals surface area contributed by atoms with E-state index in [1.807, 2.05) is 20.0 Å². The molecule has 1 rings (SSSR count). The summed E-state index contributed by atoms with van der Waals surface area (Å²) in [6, 6.07) is 3.61. The summed E-state index contributed by atoms with van der Waals surface area (Å²) < 4.78 is 0. The molecule has 0 aliphatic rings. The summed E-state index contributed by atoms with van der Waals surface area (Å²) in [5.41, 5.74) is 0.832. The second-order valence-corrected chi connectivity index (χ2v) is 4.84. The lowest BCUT2D eigenvalue weighted by Crippen LogP contribution is -2.39. The number of rotatable bonds is 8. The molecule has 1 unspecified atom stereocenters. The molecule has 0 aliphatic heterocycles. The molecule has 1 atom stereocenters. The number of guanidine groups is 1. The van der Waals surface area contributed by atoms with E-state index in [9.17, 15) is 5.11 Å². The lowest BCUT2D eigenvalue weighted by atomic mass is 10.1. The van der Waals surface area contributed by atoms with Gasteiger partial charge in [-0.1, -0.05) is 6.08 Å². The summed E-state index contributed by atoms with van der Waals surface area (Å²) in [4.78, 5) is 10.5. The first-order valence-electron chi connectivity index (χ1n) is 7.37. The van der Waals surface area contributed by atoms with Gasteiger partial charge in [0.05, 0.1) is 12.6 Å². The molecule has 0 aliphatic carbocycles. The van der Waals surface area contributed by atoms with Gasteiger partial charge in [-0.3, -0.25) is 9.98 Å². The molecular weight excluding hydrogens is 391 g/mol. The monoisotopic (exact) mass is 418 g/mol. The molecule has 0 spiro atoms. The molecule has 0 radical (unpaired) electrons. The number of allylic oxidation sites excluding steroid dienone is 1. The predicted octanol–water partition coefficient (Wildman–Crippen LogP) is 2.60. The number of aromatic nitrogens is 1. The van der Waals surface area contributed by atoms with E-state index in [4.69, 9.17) is 0 Å². The second-order valence-electron chi connectivity index (χ2n) is 4.84. The predicted molar refractivity (Wildman–Crippen MR) is 103 cm³/mol. The Labute approximate surface area is 150 Å². The fourth-order valence-electron chi connectivity index (χ4n) is 1.91. The van der Waals surface area contributed by atoms with Crippen molar-refractivity contribution >= 4 is 29.9 Å². The summed E-state index contributed by atoms with van der Waals surface area (Å²) in [5.74, 6) is 0.815. The number of pyridine rings is 1. The van der Waals surface area contributed by atoms with Crippen molar-refractivity contribution in [1.82, 2.24) is 15.2 Å². The van der Waals surface area contributed by atoms with Gasteiger partial charge in [0.25, 0.3) is 0 Å². The zero-order chi connectivity index (χ0) is 15.5. The molecule has 1 aromatic heterocycles. The zero-order valence-corrected chi connectivity index (χ0v) is 15.7. The van der Waals surface area contributed by atoms with Crippen LogP contribution in [0.3, 0.4) is 0 Å². The van der Waals surface area contributed by atoms with Crippen LogP contribution in [0.5, 0.6) is 0 Å². The Morgan fingerprint density at radius 1 is 1.50 bits per heavy atom. The smallest absolute Gasteiger partial charge is 0.193 e. The van der Waals surface area contributed by atoms with Crippen LogP contribution in [0.4, 0.5) is 0 Å². The first-order chi connectivity index (χ1) is 10.2. The van der Waals surface area contributed by atoms with E-state index in [1.165, 1.54) is 0 Å². The summed E-state index contributed by atoms with van der Waals surface area (Å²) >= 11 is 0. The molecular formula is C16H27IN4O. The Hall–Kier alpha value is -1.15. The van der Waals surface area contributed by atoms with Gasteiger partial charge < -0.3 is 15.3 Å². The Balaban J connectivity index is 0.00000441. The summed E-state index contributed by atoms with van der Waals surface area (Å²) in [7, 11) is 2.00. The Morgan fingerprint density at radius 2 is 2.18 bits per heavy atom. The minimum absolute atomic E-state index is 0. The number of aliphatic hydroxyl groups is 1. The van der Waals surface area contributed by atoms with Gasteiger partial charge in [-0.05, 0) is 37.5 Å². The van der Waals surface area contributed by atoms with Gasteiger partial charge >= 0.3 is 0 Å². The Kier molecular flexibility index (Phi) is 11.8. The lowest BCUT2D eigenvalue weighted by Gasteiger charge is -2.22. The number of halogens is 1. The topological polar surface area (TPSA) is 60.8 Å². The van der Waals surface area contributed by atoms with Crippen LogP contribution in [-0.4, -0.2) is 47.6 Å². The van der Waals surface area contributed by atoms with Gasteiger partial charge in [-0.25, -0.2) is 0 Å². The Morgan fingerprint density at radius 3 is 2.77 bits per heavy atom. The summed E-state index contributed by atoms with van der Waals surface area (Å²) in [5, 5.41) is 13.4. The van der Waals surface area contributed by atoms with Gasteiger partial charge in [0.2, 0.25) is 0 Å². The molecule has 1 aromatic rings. The van der Waals surface area contributed by atoms with Crippen molar-refractivity contribution in [2.45, 2.75) is 25.9 Å². The highest BCUT2D eigenvalue weighted by molar-refractivity contribution is 14.0. The maximum Gasteiger partial charge on any atom is 0.193 e. The summed E-state index contributed by atoms with van der Waals surface area (Å²) in [6.07, 6.45) is 6.69. The quantitative estimate of drug-likeness (QED) is 0.224. The first-order valence-corrected chi connectivity index (χ1v) is 7.37. The molecule has 0 saturated heterocycles. The molecule has 2 N–H and O–H groups in total. The molecule has 1 heterocycles. The van der Waals surface area contributed by atoms with Crippen molar-refractivity contribution in [3.05, 3.63) is 42.7 Å². The van der Waals surface area contributed by atoms with Gasteiger partial charge in [0.1, 0.15) is 0 Å². The van der Waals surface area contributed by atoms with Gasteiger partial charge in [-0.15, -0.1) is 30.6 Å². The van der Waals surface area contributed by atoms with Crippen molar-refractivity contribution in [2.24, 2.45) is 4.99 Å². The molecule has 0 bridgehead atoms. The zero-order valence-electron chi connectivity index (χ0n) is 13.4. The maximum absolute atomic E-state index is 10.1. The van der Waals surface area contributed by atoms with Gasteiger partial charge in [-0.2, -0.15) is 0 Å². The van der Waals surface area contributed by atoms with E-state index >= 15 is 0 Å². The number of hydrogen-bond donors (Lipinski definition) is 2. The molecule has 0 fully saturated rings. The minimum atomic E-state index is -0.608. The molecule has 0 aromatic carbocycles. The number of hydrogen-bond acceptors (Lipinski definition) is 3. The molecule has 0 amide bonds. The highest BCUT2D eigenvalue weighted by Gasteiger charge is 2.09. The third-order valence-electron chi connectivity index (χ3n) is 3.10. The number of aliphatic imine (C=N–C) groups is 1. The standard InChI is InChI=1S/C16H26N4O.HI/c1-4-6-7-12-20(3)16(18-5-2)19-13-15(21)14-8-10-17-11-9-14;/h4,8-11,15,21H,1,5-7,12-13H2,2-3H3,(H,18,19);1H. The normalized spacial score (nSPS) is 12.2. The lowest BCUT2D eigenvalue weighted by molar-refractivity contribution is 0.186. The molecule has 6 heteroatoms. The number of aliphatic hydroxyl groups excluding tert-OH is 1. The molecule has 124 valence electrons. The van der Waals surface area contributed by atoms with Crippen molar-refractivity contribution < 1.29 is 5.11 Å². The fourth-order valence-corrected chi connectivity index (χ4v) is 1.91. The van der Waals surface area contributed by atoms with Crippen LogP contribution in [0.1, 0.15) is 31.4 Å². The average Bonchev–Trinajstić information content (AvgIpc) is 2.52. The number of unbranched alkanes of at least 4 members (excludes halogenated alkanes) is 1. The number of nitrogens with zero attached hydrogens (tertiary/aromatic N) is 3. The van der Waals surface area contributed by atoms with Crippen molar-refractivity contribution in [3.63, 3.8) is 0 Å². The van der Waals surface area contributed by atoms with Crippen LogP contribution in [0.25, 0.3) is 0 Å². The highest BCUT2D eigenvalue weighted by Crippen LogP contribution is 2.11. The van der Waals surface area contributed by atoms with Crippen LogP contribution in [0.15, 0.2) is 42.2 Å². The van der Waals surface area contributed by atoms with E-state index in [-0.39, 0.29) is 24.0 Å². The van der Waals surface area contributed by atoms with Crippen LogP contribution in [-0.2, 0) is 0 Å².